The zero-order valence-electron chi connectivity index (χ0n) is 13.5. The van der Waals surface area contributed by atoms with Crippen molar-refractivity contribution in [1.29, 1.82) is 0 Å². The van der Waals surface area contributed by atoms with Gasteiger partial charge in [-0.05, 0) is 25.3 Å². The van der Waals surface area contributed by atoms with E-state index >= 15 is 0 Å². The Labute approximate surface area is 134 Å². The van der Waals surface area contributed by atoms with Crippen LogP contribution in [-0.2, 0) is 16.0 Å². The lowest BCUT2D eigenvalue weighted by Crippen LogP contribution is -2.51. The van der Waals surface area contributed by atoms with E-state index in [1.54, 1.807) is 13.0 Å². The Bertz CT molecular complexity index is 652. The number of nitrogens with one attached hydrogen (secondary N) is 1. The summed E-state index contributed by atoms with van der Waals surface area (Å²) in [5, 5.41) is 9.10. The zero-order valence-corrected chi connectivity index (χ0v) is 13.5. The summed E-state index contributed by atoms with van der Waals surface area (Å²) in [6.07, 6.45) is -0.751. The Hall–Kier alpha value is -2.15. The molecule has 7 nitrogen and oxygen atoms in total. The van der Waals surface area contributed by atoms with E-state index in [0.717, 1.165) is 0 Å². The largest absolute Gasteiger partial charge is 0.479 e. The molecule has 7 heteroatoms. The van der Waals surface area contributed by atoms with E-state index in [2.05, 4.69) is 4.98 Å². The van der Waals surface area contributed by atoms with Gasteiger partial charge in [0, 0.05) is 23.9 Å². The molecule has 2 atom stereocenters. The molecule has 2 N–H and O–H groups in total. The van der Waals surface area contributed by atoms with Gasteiger partial charge in [0.05, 0.1) is 12.6 Å². The Morgan fingerprint density at radius 1 is 1.39 bits per heavy atom. The maximum absolute atomic E-state index is 12.6. The van der Waals surface area contributed by atoms with E-state index in [1.165, 1.54) is 11.0 Å². The van der Waals surface area contributed by atoms with Crippen LogP contribution in [0.1, 0.15) is 36.8 Å². The zero-order chi connectivity index (χ0) is 17.1. The molecule has 1 aromatic rings. The number of rotatable bonds is 4. The summed E-state index contributed by atoms with van der Waals surface area (Å²) in [6.45, 7) is 6.04. The molecule has 1 aliphatic heterocycles. The number of carboxylic acid groups (broad SMARTS) is 1. The van der Waals surface area contributed by atoms with Crippen LogP contribution in [0, 0.1) is 5.92 Å². The fraction of sp³-hybridized carbons (Fsp3) is 0.562. The highest BCUT2D eigenvalue weighted by molar-refractivity contribution is 5.94. The Balaban J connectivity index is 2.23. The Morgan fingerprint density at radius 2 is 2.09 bits per heavy atom. The van der Waals surface area contributed by atoms with E-state index in [9.17, 15) is 14.4 Å². The second-order valence-corrected chi connectivity index (χ2v) is 6.34. The molecular formula is C16H22N2O5. The molecule has 2 heterocycles. The standard InChI is InChI=1S/C16H22N2O5/c1-9(2)4-12-5-11(6-14(19)17-12)15(20)18-7-10(3)23-13(8-18)16(21)22/h5-6,9-10,13H,4,7-8H2,1-3H3,(H,17,19)(H,21,22)/t10-,13?/m1/s1. The minimum Gasteiger partial charge on any atom is -0.479 e. The predicted molar refractivity (Wildman–Crippen MR) is 83.5 cm³/mol. The lowest BCUT2D eigenvalue weighted by atomic mass is 10.1. The van der Waals surface area contributed by atoms with Gasteiger partial charge in [-0.1, -0.05) is 13.8 Å². The molecule has 0 radical (unpaired) electrons. The van der Waals surface area contributed by atoms with Gasteiger partial charge < -0.3 is 19.7 Å². The molecule has 0 spiro atoms. The van der Waals surface area contributed by atoms with E-state index in [-0.39, 0.29) is 29.7 Å². The minimum absolute atomic E-state index is 0.0230. The first-order valence-electron chi connectivity index (χ1n) is 7.67. The summed E-state index contributed by atoms with van der Waals surface area (Å²) in [7, 11) is 0. The molecule has 126 valence electrons. The highest BCUT2D eigenvalue weighted by Gasteiger charge is 2.33. The third kappa shape index (κ3) is 4.41. The summed E-state index contributed by atoms with van der Waals surface area (Å²) in [6, 6.07) is 2.92. The summed E-state index contributed by atoms with van der Waals surface area (Å²) in [5.74, 6) is -1.10. The van der Waals surface area contributed by atoms with E-state index in [4.69, 9.17) is 9.84 Å². The van der Waals surface area contributed by atoms with Gasteiger partial charge in [-0.3, -0.25) is 9.59 Å². The number of amides is 1. The van der Waals surface area contributed by atoms with Gasteiger partial charge in [-0.25, -0.2) is 4.79 Å². The van der Waals surface area contributed by atoms with Gasteiger partial charge in [-0.15, -0.1) is 0 Å². The third-order valence-electron chi connectivity index (χ3n) is 3.60. The van der Waals surface area contributed by atoms with Crippen LogP contribution >= 0.6 is 0 Å². The number of nitrogens with zero attached hydrogens (tertiary/aromatic N) is 1. The van der Waals surface area contributed by atoms with Crippen molar-refractivity contribution in [3.8, 4) is 0 Å². The number of hydrogen-bond acceptors (Lipinski definition) is 4. The van der Waals surface area contributed by atoms with Crippen LogP contribution < -0.4 is 5.56 Å². The summed E-state index contributed by atoms with van der Waals surface area (Å²) in [4.78, 5) is 39.7. The number of hydrogen-bond donors (Lipinski definition) is 2. The van der Waals surface area contributed by atoms with Crippen LogP contribution in [0.25, 0.3) is 0 Å². The quantitative estimate of drug-likeness (QED) is 0.857. The van der Waals surface area contributed by atoms with Gasteiger partial charge in [-0.2, -0.15) is 0 Å². The molecule has 1 saturated heterocycles. The van der Waals surface area contributed by atoms with Crippen LogP contribution in [0.2, 0.25) is 0 Å². The molecule has 0 aromatic carbocycles. The lowest BCUT2D eigenvalue weighted by Gasteiger charge is -2.35. The average molecular weight is 322 g/mol. The monoisotopic (exact) mass is 322 g/mol. The van der Waals surface area contributed by atoms with Crippen molar-refractivity contribution in [1.82, 2.24) is 9.88 Å². The molecule has 1 aliphatic rings. The number of carbonyl (C=O) groups is 2. The summed E-state index contributed by atoms with van der Waals surface area (Å²) in [5.41, 5.74) is 0.650. The number of pyridine rings is 1. The number of carbonyl (C=O) groups excluding carboxylic acids is 1. The van der Waals surface area contributed by atoms with Crippen LogP contribution in [0.4, 0.5) is 0 Å². The van der Waals surface area contributed by atoms with Crippen molar-refractivity contribution in [3.63, 3.8) is 0 Å². The number of H-pyrrole nitrogens is 1. The molecule has 1 amide bonds. The highest BCUT2D eigenvalue weighted by atomic mass is 16.5. The lowest BCUT2D eigenvalue weighted by molar-refractivity contribution is -0.160. The van der Waals surface area contributed by atoms with Crippen LogP contribution in [0.5, 0.6) is 0 Å². The predicted octanol–water partition coefficient (Wildman–Crippen LogP) is 0.888. The molecule has 2 rings (SSSR count). The first-order chi connectivity index (χ1) is 10.8. The van der Waals surface area contributed by atoms with Crippen molar-refractivity contribution >= 4 is 11.9 Å². The fourth-order valence-electron chi connectivity index (χ4n) is 2.71. The Morgan fingerprint density at radius 3 is 2.70 bits per heavy atom. The van der Waals surface area contributed by atoms with Gasteiger partial charge in [0.25, 0.3) is 5.91 Å². The van der Waals surface area contributed by atoms with Crippen molar-refractivity contribution < 1.29 is 19.4 Å². The second-order valence-electron chi connectivity index (χ2n) is 6.34. The SMILES string of the molecule is CC(C)Cc1cc(C(=O)N2CC(C(=O)O)O[C@H](C)C2)cc(=O)[nH]1. The summed E-state index contributed by atoms with van der Waals surface area (Å²) < 4.78 is 5.30. The molecule has 0 aliphatic carbocycles. The average Bonchev–Trinajstić information content (AvgIpc) is 2.44. The molecule has 0 saturated carbocycles. The number of aliphatic carboxylic acids is 1. The van der Waals surface area contributed by atoms with Crippen molar-refractivity contribution in [3.05, 3.63) is 33.7 Å². The van der Waals surface area contributed by atoms with Crippen LogP contribution in [-0.4, -0.2) is 52.2 Å². The van der Waals surface area contributed by atoms with Crippen molar-refractivity contribution in [2.24, 2.45) is 5.92 Å². The van der Waals surface area contributed by atoms with Crippen molar-refractivity contribution in [2.45, 2.75) is 39.4 Å². The third-order valence-corrected chi connectivity index (χ3v) is 3.60. The van der Waals surface area contributed by atoms with E-state index < -0.39 is 12.1 Å². The Kier molecular flexibility index (Phi) is 5.20. The van der Waals surface area contributed by atoms with E-state index in [1.807, 2.05) is 13.8 Å². The molecule has 0 bridgehead atoms. The first-order valence-corrected chi connectivity index (χ1v) is 7.67. The number of morpholine rings is 1. The number of carboxylic acids is 1. The van der Waals surface area contributed by atoms with Crippen LogP contribution in [0.15, 0.2) is 16.9 Å². The first kappa shape index (κ1) is 17.2. The molecule has 23 heavy (non-hydrogen) atoms. The fourth-order valence-corrected chi connectivity index (χ4v) is 2.71. The smallest absolute Gasteiger partial charge is 0.334 e. The van der Waals surface area contributed by atoms with Gasteiger partial charge in [0.15, 0.2) is 6.10 Å². The van der Waals surface area contributed by atoms with Gasteiger partial charge in [0.2, 0.25) is 5.56 Å². The minimum atomic E-state index is -1.10. The molecule has 1 fully saturated rings. The van der Waals surface area contributed by atoms with E-state index in [0.29, 0.717) is 24.6 Å². The number of aromatic nitrogens is 1. The maximum Gasteiger partial charge on any atom is 0.334 e. The topological polar surface area (TPSA) is 99.7 Å². The molecule has 1 unspecified atom stereocenters. The molecule has 1 aromatic heterocycles. The van der Waals surface area contributed by atoms with Gasteiger partial charge >= 0.3 is 5.97 Å². The van der Waals surface area contributed by atoms with Gasteiger partial charge in [0.1, 0.15) is 0 Å². The number of aromatic amines is 1. The highest BCUT2D eigenvalue weighted by Crippen LogP contribution is 2.15. The van der Waals surface area contributed by atoms with Crippen molar-refractivity contribution in [2.75, 3.05) is 13.1 Å². The molecular weight excluding hydrogens is 300 g/mol. The normalized spacial score (nSPS) is 21.5. The maximum atomic E-state index is 12.6. The second kappa shape index (κ2) is 6.95. The van der Waals surface area contributed by atoms with Crippen LogP contribution in [0.3, 0.4) is 0 Å². The number of ether oxygens (including phenoxy) is 1. The summed E-state index contributed by atoms with van der Waals surface area (Å²) >= 11 is 0.